The quantitative estimate of drug-likeness (QED) is 0.403. The van der Waals surface area contributed by atoms with Crippen LogP contribution < -0.4 is 10.6 Å². The summed E-state index contributed by atoms with van der Waals surface area (Å²) in [6.07, 6.45) is 0.0499. The van der Waals surface area contributed by atoms with Crippen molar-refractivity contribution in [2.45, 2.75) is 33.2 Å². The molecule has 0 spiro atoms. The SMILES string of the molecule is Cc1cc(C)n(C(C)C(=O)Nc2ccc(NC(=O)Cc3ccc([N+](=O)[O-])cc3)cc2Cl)n1. The maximum Gasteiger partial charge on any atom is 0.269 e. The molecule has 0 saturated heterocycles. The van der Waals surface area contributed by atoms with Crippen LogP contribution in [-0.4, -0.2) is 26.5 Å². The Labute approximate surface area is 189 Å². The number of nitro benzene ring substituents is 1. The summed E-state index contributed by atoms with van der Waals surface area (Å²) in [4.78, 5) is 35.1. The van der Waals surface area contributed by atoms with Crippen molar-refractivity contribution in [3.8, 4) is 0 Å². The number of benzene rings is 2. The molecule has 0 fully saturated rings. The molecular formula is C22H22ClN5O4. The van der Waals surface area contributed by atoms with E-state index in [1.54, 1.807) is 29.8 Å². The van der Waals surface area contributed by atoms with Crippen LogP contribution in [0.5, 0.6) is 0 Å². The lowest BCUT2D eigenvalue weighted by Crippen LogP contribution is -2.25. The van der Waals surface area contributed by atoms with E-state index < -0.39 is 11.0 Å². The van der Waals surface area contributed by atoms with Crippen molar-refractivity contribution < 1.29 is 14.5 Å². The Morgan fingerprint density at radius 1 is 1.12 bits per heavy atom. The monoisotopic (exact) mass is 455 g/mol. The van der Waals surface area contributed by atoms with Gasteiger partial charge in [0.25, 0.3) is 5.69 Å². The molecule has 0 saturated carbocycles. The number of halogens is 1. The van der Waals surface area contributed by atoms with Gasteiger partial charge in [-0.1, -0.05) is 23.7 Å². The summed E-state index contributed by atoms with van der Waals surface area (Å²) in [7, 11) is 0. The number of nitro groups is 1. The number of carbonyl (C=O) groups is 2. The second kappa shape index (κ2) is 9.61. The Kier molecular flexibility index (Phi) is 6.89. The lowest BCUT2D eigenvalue weighted by atomic mass is 10.1. The van der Waals surface area contributed by atoms with Crippen LogP contribution in [0.2, 0.25) is 5.02 Å². The first kappa shape index (κ1) is 23.0. The molecule has 166 valence electrons. The molecule has 0 aliphatic rings. The molecule has 1 aromatic heterocycles. The van der Waals surface area contributed by atoms with E-state index in [2.05, 4.69) is 15.7 Å². The van der Waals surface area contributed by atoms with E-state index in [1.807, 2.05) is 19.9 Å². The third kappa shape index (κ3) is 5.50. The van der Waals surface area contributed by atoms with Crippen molar-refractivity contribution in [1.82, 2.24) is 9.78 Å². The third-order valence-corrected chi connectivity index (χ3v) is 5.13. The largest absolute Gasteiger partial charge is 0.326 e. The van der Waals surface area contributed by atoms with Gasteiger partial charge < -0.3 is 10.6 Å². The number of aromatic nitrogens is 2. The average molecular weight is 456 g/mol. The number of hydrogen-bond donors (Lipinski definition) is 2. The minimum Gasteiger partial charge on any atom is -0.326 e. The van der Waals surface area contributed by atoms with Gasteiger partial charge in [0.2, 0.25) is 11.8 Å². The molecule has 10 heteroatoms. The highest BCUT2D eigenvalue weighted by Gasteiger charge is 2.19. The molecule has 3 aromatic rings. The van der Waals surface area contributed by atoms with E-state index in [9.17, 15) is 19.7 Å². The summed E-state index contributed by atoms with van der Waals surface area (Å²) in [6, 6.07) is 11.9. The predicted octanol–water partition coefficient (Wildman–Crippen LogP) is 4.44. The Morgan fingerprint density at radius 3 is 2.38 bits per heavy atom. The van der Waals surface area contributed by atoms with Crippen LogP contribution in [0.1, 0.15) is 29.9 Å². The molecule has 1 atom stereocenters. The van der Waals surface area contributed by atoms with E-state index in [4.69, 9.17) is 11.6 Å². The Morgan fingerprint density at radius 2 is 1.81 bits per heavy atom. The summed E-state index contributed by atoms with van der Waals surface area (Å²) in [5, 5.41) is 20.8. The van der Waals surface area contributed by atoms with E-state index in [0.29, 0.717) is 16.9 Å². The Hall–Kier alpha value is -3.72. The third-order valence-electron chi connectivity index (χ3n) is 4.81. The van der Waals surface area contributed by atoms with Crippen molar-refractivity contribution in [3.63, 3.8) is 0 Å². The van der Waals surface area contributed by atoms with E-state index in [1.165, 1.54) is 24.3 Å². The predicted molar refractivity (Wildman–Crippen MR) is 122 cm³/mol. The van der Waals surface area contributed by atoms with Gasteiger partial charge in [-0.05, 0) is 50.6 Å². The van der Waals surface area contributed by atoms with Crippen molar-refractivity contribution in [3.05, 3.63) is 80.6 Å². The molecule has 0 aliphatic heterocycles. The summed E-state index contributed by atoms with van der Waals surface area (Å²) < 4.78 is 1.64. The van der Waals surface area contributed by atoms with Gasteiger partial charge in [-0.15, -0.1) is 0 Å². The number of rotatable bonds is 7. The van der Waals surface area contributed by atoms with Gasteiger partial charge in [-0.3, -0.25) is 24.4 Å². The standard InChI is InChI=1S/C22H22ClN5O4/c1-13-10-14(2)27(26-13)15(3)22(30)25-20-9-6-17(12-19(20)23)24-21(29)11-16-4-7-18(8-5-16)28(31)32/h4-10,12,15H,11H2,1-3H3,(H,24,29)(H,25,30). The van der Waals surface area contributed by atoms with Crippen molar-refractivity contribution in [2.24, 2.45) is 0 Å². The second-order valence-electron chi connectivity index (χ2n) is 7.38. The zero-order chi connectivity index (χ0) is 23.4. The number of aryl methyl sites for hydroxylation is 2. The van der Waals surface area contributed by atoms with Gasteiger partial charge in [0.05, 0.1) is 27.7 Å². The van der Waals surface area contributed by atoms with Crippen molar-refractivity contribution >= 4 is 40.5 Å². The highest BCUT2D eigenvalue weighted by molar-refractivity contribution is 6.34. The van der Waals surface area contributed by atoms with Crippen LogP contribution in [0, 0.1) is 24.0 Å². The summed E-state index contributed by atoms with van der Waals surface area (Å²) in [5.74, 6) is -0.571. The minimum absolute atomic E-state index is 0.0363. The molecule has 0 radical (unpaired) electrons. The van der Waals surface area contributed by atoms with Crippen molar-refractivity contribution in [2.75, 3.05) is 10.6 Å². The average Bonchev–Trinajstić information content (AvgIpc) is 3.07. The fourth-order valence-electron chi connectivity index (χ4n) is 3.21. The van der Waals surface area contributed by atoms with E-state index in [-0.39, 0.29) is 28.9 Å². The lowest BCUT2D eigenvalue weighted by Gasteiger charge is -2.16. The molecule has 9 nitrogen and oxygen atoms in total. The maximum absolute atomic E-state index is 12.6. The molecule has 2 aromatic carbocycles. The Balaban J connectivity index is 1.61. The van der Waals surface area contributed by atoms with Crippen LogP contribution in [0.15, 0.2) is 48.5 Å². The molecule has 3 rings (SSSR count). The van der Waals surface area contributed by atoms with Gasteiger partial charge in [0, 0.05) is 23.5 Å². The second-order valence-corrected chi connectivity index (χ2v) is 7.79. The number of amides is 2. The molecule has 1 heterocycles. The summed E-state index contributed by atoms with van der Waals surface area (Å²) in [5.41, 5.74) is 3.19. The number of nitrogens with zero attached hydrogens (tertiary/aromatic N) is 3. The van der Waals surface area contributed by atoms with Crippen LogP contribution in [0.3, 0.4) is 0 Å². The zero-order valence-corrected chi connectivity index (χ0v) is 18.5. The van der Waals surface area contributed by atoms with Crippen molar-refractivity contribution in [1.29, 1.82) is 0 Å². The minimum atomic E-state index is -0.527. The fourth-order valence-corrected chi connectivity index (χ4v) is 3.43. The summed E-state index contributed by atoms with van der Waals surface area (Å²) >= 11 is 6.30. The maximum atomic E-state index is 12.6. The number of non-ortho nitro benzene ring substituents is 1. The van der Waals surface area contributed by atoms with E-state index >= 15 is 0 Å². The first-order valence-corrected chi connectivity index (χ1v) is 10.2. The first-order valence-electron chi connectivity index (χ1n) is 9.80. The molecule has 1 unspecified atom stereocenters. The van der Waals surface area contributed by atoms with Crippen LogP contribution in [0.25, 0.3) is 0 Å². The number of nitrogens with one attached hydrogen (secondary N) is 2. The first-order chi connectivity index (χ1) is 15.1. The normalized spacial score (nSPS) is 11.6. The van der Waals surface area contributed by atoms with E-state index in [0.717, 1.165) is 11.4 Å². The molecule has 2 amide bonds. The smallest absolute Gasteiger partial charge is 0.269 e. The lowest BCUT2D eigenvalue weighted by molar-refractivity contribution is -0.384. The molecular weight excluding hydrogens is 434 g/mol. The molecule has 0 bridgehead atoms. The number of anilines is 2. The van der Waals surface area contributed by atoms with Crippen LogP contribution in [0.4, 0.5) is 17.1 Å². The van der Waals surface area contributed by atoms with Gasteiger partial charge in [0.15, 0.2) is 0 Å². The zero-order valence-electron chi connectivity index (χ0n) is 17.8. The number of hydrogen-bond acceptors (Lipinski definition) is 5. The van der Waals surface area contributed by atoms with Gasteiger partial charge in [0.1, 0.15) is 6.04 Å². The molecule has 32 heavy (non-hydrogen) atoms. The molecule has 2 N–H and O–H groups in total. The topological polar surface area (TPSA) is 119 Å². The van der Waals surface area contributed by atoms with Gasteiger partial charge in [-0.25, -0.2) is 0 Å². The number of carbonyl (C=O) groups excluding carboxylic acids is 2. The van der Waals surface area contributed by atoms with Gasteiger partial charge >= 0.3 is 0 Å². The van der Waals surface area contributed by atoms with Crippen LogP contribution in [-0.2, 0) is 16.0 Å². The fraction of sp³-hybridized carbons (Fsp3) is 0.227. The highest BCUT2D eigenvalue weighted by atomic mass is 35.5. The van der Waals surface area contributed by atoms with Gasteiger partial charge in [-0.2, -0.15) is 5.10 Å². The van der Waals surface area contributed by atoms with Crippen LogP contribution >= 0.6 is 11.6 Å². The summed E-state index contributed by atoms with van der Waals surface area (Å²) in [6.45, 7) is 5.49. The molecule has 0 aliphatic carbocycles. The highest BCUT2D eigenvalue weighted by Crippen LogP contribution is 2.27. The Bertz CT molecular complexity index is 1170.